The predicted octanol–water partition coefficient (Wildman–Crippen LogP) is 5.08. The molecule has 5 nitrogen and oxygen atoms in total. The highest BCUT2D eigenvalue weighted by Crippen LogP contribution is 2.13. The molecule has 0 rings (SSSR count). The van der Waals surface area contributed by atoms with Crippen molar-refractivity contribution in [2.75, 3.05) is 39.5 Å². The van der Waals surface area contributed by atoms with Crippen LogP contribution >= 0.6 is 0 Å². The Hall–Kier alpha value is -1.09. The highest BCUT2D eigenvalue weighted by Gasteiger charge is 2.02. The number of esters is 1. The van der Waals surface area contributed by atoms with Crippen molar-refractivity contribution in [3.63, 3.8) is 0 Å². The SMILES string of the molecule is CCCCCCCCCCCCCCCCCC(=O)OCC#CCN(CCO)CCO. The average Bonchev–Trinajstić information content (AvgIpc) is 2.76. The summed E-state index contributed by atoms with van der Waals surface area (Å²) in [6, 6.07) is 0. The Morgan fingerprint density at radius 3 is 1.61 bits per heavy atom. The van der Waals surface area contributed by atoms with Gasteiger partial charge >= 0.3 is 5.97 Å². The number of carbonyl (C=O) groups is 1. The van der Waals surface area contributed by atoms with Crippen molar-refractivity contribution in [1.29, 1.82) is 0 Å². The molecule has 0 aliphatic rings. The zero-order valence-electron chi connectivity index (χ0n) is 20.2. The first kappa shape index (κ1) is 29.9. The number of nitrogens with zero attached hydrogens (tertiary/aromatic N) is 1. The van der Waals surface area contributed by atoms with E-state index in [0.717, 1.165) is 12.8 Å². The average molecular weight is 440 g/mol. The number of aliphatic hydroxyl groups excluding tert-OH is 2. The molecule has 0 fully saturated rings. The van der Waals surface area contributed by atoms with Crippen molar-refractivity contribution in [2.45, 2.75) is 110 Å². The highest BCUT2D eigenvalue weighted by atomic mass is 16.5. The summed E-state index contributed by atoms with van der Waals surface area (Å²) in [7, 11) is 0. The molecule has 0 aromatic heterocycles. The minimum Gasteiger partial charge on any atom is -0.452 e. The lowest BCUT2D eigenvalue weighted by Crippen LogP contribution is -2.30. The molecule has 0 heterocycles. The summed E-state index contributed by atoms with van der Waals surface area (Å²) >= 11 is 0. The second-order valence-corrected chi connectivity index (χ2v) is 8.44. The van der Waals surface area contributed by atoms with Crippen LogP contribution in [0.1, 0.15) is 110 Å². The lowest BCUT2D eigenvalue weighted by molar-refractivity contribution is -0.142. The van der Waals surface area contributed by atoms with Crippen LogP contribution in [0.3, 0.4) is 0 Å². The summed E-state index contributed by atoms with van der Waals surface area (Å²) < 4.78 is 5.13. The van der Waals surface area contributed by atoms with E-state index in [2.05, 4.69) is 18.8 Å². The summed E-state index contributed by atoms with van der Waals surface area (Å²) in [4.78, 5) is 13.6. The number of hydrogen-bond donors (Lipinski definition) is 2. The number of rotatable bonds is 22. The minimum atomic E-state index is -0.174. The minimum absolute atomic E-state index is 0.0376. The van der Waals surface area contributed by atoms with Gasteiger partial charge in [-0.25, -0.2) is 0 Å². The molecule has 31 heavy (non-hydrogen) atoms. The topological polar surface area (TPSA) is 70.0 Å². The van der Waals surface area contributed by atoms with Crippen LogP contribution in [0.25, 0.3) is 0 Å². The van der Waals surface area contributed by atoms with Gasteiger partial charge in [-0.3, -0.25) is 9.69 Å². The van der Waals surface area contributed by atoms with Crippen LogP contribution in [0.2, 0.25) is 0 Å². The van der Waals surface area contributed by atoms with Crippen LogP contribution in [0.4, 0.5) is 0 Å². The molecule has 0 spiro atoms. The molecule has 0 radical (unpaired) electrons. The second kappa shape index (κ2) is 25.2. The van der Waals surface area contributed by atoms with E-state index in [1.807, 2.05) is 4.90 Å². The van der Waals surface area contributed by atoms with Gasteiger partial charge in [-0.15, -0.1) is 0 Å². The Labute approximate surface area is 191 Å². The molecule has 5 heteroatoms. The van der Waals surface area contributed by atoms with Gasteiger partial charge < -0.3 is 14.9 Å². The Kier molecular flexibility index (Phi) is 24.3. The summed E-state index contributed by atoms with van der Waals surface area (Å²) in [6.45, 7) is 3.88. The molecule has 0 amide bonds. The number of ether oxygens (including phenoxy) is 1. The second-order valence-electron chi connectivity index (χ2n) is 8.44. The molecule has 0 aliphatic heterocycles. The monoisotopic (exact) mass is 439 g/mol. The molecular weight excluding hydrogens is 390 g/mol. The van der Waals surface area contributed by atoms with E-state index in [1.165, 1.54) is 83.5 Å². The van der Waals surface area contributed by atoms with E-state index in [1.54, 1.807) is 0 Å². The molecule has 0 saturated carbocycles. The van der Waals surface area contributed by atoms with Crippen molar-refractivity contribution in [2.24, 2.45) is 0 Å². The van der Waals surface area contributed by atoms with E-state index >= 15 is 0 Å². The van der Waals surface area contributed by atoms with E-state index in [0.29, 0.717) is 26.1 Å². The van der Waals surface area contributed by atoms with Crippen LogP contribution in [-0.4, -0.2) is 60.5 Å². The van der Waals surface area contributed by atoms with Gasteiger partial charge in [0.25, 0.3) is 0 Å². The molecule has 0 aromatic rings. The van der Waals surface area contributed by atoms with Crippen LogP contribution in [0.15, 0.2) is 0 Å². The molecule has 0 bridgehead atoms. The number of aliphatic hydroxyl groups is 2. The molecule has 0 unspecified atom stereocenters. The van der Waals surface area contributed by atoms with E-state index in [-0.39, 0.29) is 25.8 Å². The molecular formula is C26H49NO4. The Bertz CT molecular complexity index is 438. The van der Waals surface area contributed by atoms with Crippen LogP contribution in [0, 0.1) is 11.8 Å². The lowest BCUT2D eigenvalue weighted by Gasteiger charge is -2.16. The van der Waals surface area contributed by atoms with Crippen LogP contribution in [0.5, 0.6) is 0 Å². The van der Waals surface area contributed by atoms with Gasteiger partial charge in [-0.05, 0) is 6.42 Å². The normalized spacial score (nSPS) is 10.8. The summed E-state index contributed by atoms with van der Waals surface area (Å²) in [5.74, 6) is 5.55. The largest absolute Gasteiger partial charge is 0.452 e. The highest BCUT2D eigenvalue weighted by molar-refractivity contribution is 5.69. The molecule has 0 aromatic carbocycles. The fourth-order valence-electron chi connectivity index (χ4n) is 3.60. The van der Waals surface area contributed by atoms with Gasteiger partial charge in [0.15, 0.2) is 6.61 Å². The quantitative estimate of drug-likeness (QED) is 0.140. The van der Waals surface area contributed by atoms with Crippen molar-refractivity contribution in [3.8, 4) is 11.8 Å². The maximum absolute atomic E-state index is 11.7. The maximum atomic E-state index is 11.7. The van der Waals surface area contributed by atoms with Gasteiger partial charge in [-0.2, -0.15) is 0 Å². The third-order valence-electron chi connectivity index (χ3n) is 5.55. The molecule has 0 aliphatic carbocycles. The summed E-state index contributed by atoms with van der Waals surface area (Å²) in [5, 5.41) is 17.9. The van der Waals surface area contributed by atoms with Crippen molar-refractivity contribution in [1.82, 2.24) is 4.90 Å². The van der Waals surface area contributed by atoms with Gasteiger partial charge in [-0.1, -0.05) is 109 Å². The molecule has 2 N–H and O–H groups in total. The van der Waals surface area contributed by atoms with E-state index in [4.69, 9.17) is 14.9 Å². The van der Waals surface area contributed by atoms with Crippen molar-refractivity contribution >= 4 is 5.97 Å². The number of hydrogen-bond acceptors (Lipinski definition) is 5. The molecule has 0 saturated heterocycles. The predicted molar refractivity (Wildman–Crippen MR) is 129 cm³/mol. The Balaban J connectivity index is 3.37. The maximum Gasteiger partial charge on any atom is 0.306 e. The van der Waals surface area contributed by atoms with E-state index < -0.39 is 0 Å². The number of unbranched alkanes of at least 4 members (excludes halogenated alkanes) is 14. The standard InChI is InChI=1S/C26H49NO4/c1-2-3-4-5-6-7-8-9-10-11-12-13-14-15-16-19-26(30)31-25-18-17-20-27(21-23-28)22-24-29/h28-29H,2-16,19-25H2,1H3. The zero-order valence-corrected chi connectivity index (χ0v) is 20.2. The third kappa shape index (κ3) is 23.4. The van der Waals surface area contributed by atoms with Crippen LogP contribution in [-0.2, 0) is 9.53 Å². The first-order valence-electron chi connectivity index (χ1n) is 12.8. The Morgan fingerprint density at radius 1 is 0.710 bits per heavy atom. The van der Waals surface area contributed by atoms with E-state index in [9.17, 15) is 4.79 Å². The molecule has 0 atom stereocenters. The first-order valence-corrected chi connectivity index (χ1v) is 12.8. The molecule has 182 valence electrons. The zero-order chi connectivity index (χ0) is 22.8. The van der Waals surface area contributed by atoms with Gasteiger partial charge in [0.2, 0.25) is 0 Å². The van der Waals surface area contributed by atoms with Crippen LogP contribution < -0.4 is 0 Å². The fraction of sp³-hybridized carbons (Fsp3) is 0.885. The summed E-state index contributed by atoms with van der Waals surface area (Å²) in [6.07, 6.45) is 20.2. The smallest absolute Gasteiger partial charge is 0.306 e. The van der Waals surface area contributed by atoms with Gasteiger partial charge in [0.1, 0.15) is 0 Å². The van der Waals surface area contributed by atoms with Crippen molar-refractivity contribution < 1.29 is 19.7 Å². The summed E-state index contributed by atoms with van der Waals surface area (Å²) in [5.41, 5.74) is 0. The third-order valence-corrected chi connectivity index (χ3v) is 5.55. The van der Waals surface area contributed by atoms with Crippen molar-refractivity contribution in [3.05, 3.63) is 0 Å². The fourth-order valence-corrected chi connectivity index (χ4v) is 3.60. The van der Waals surface area contributed by atoms with Gasteiger partial charge in [0.05, 0.1) is 19.8 Å². The number of carbonyl (C=O) groups excluding carboxylic acids is 1. The first-order chi connectivity index (χ1) is 15.2. The van der Waals surface area contributed by atoms with Gasteiger partial charge in [0, 0.05) is 19.5 Å². The lowest BCUT2D eigenvalue weighted by atomic mass is 10.0. The Morgan fingerprint density at radius 2 is 1.16 bits per heavy atom.